The molecule has 1 unspecified atom stereocenters. The average Bonchev–Trinajstić information content (AvgIpc) is 3.21. The van der Waals surface area contributed by atoms with Crippen LogP contribution in [0.4, 0.5) is 0 Å². The Morgan fingerprint density at radius 2 is 1.83 bits per heavy atom. The lowest BCUT2D eigenvalue weighted by molar-refractivity contribution is -0.151. The van der Waals surface area contributed by atoms with Crippen LogP contribution in [0, 0.1) is 0 Å². The molecule has 0 radical (unpaired) electrons. The van der Waals surface area contributed by atoms with Crippen LogP contribution in [-0.4, -0.2) is 55.5 Å². The number of ether oxygens (including phenoxy) is 2. The van der Waals surface area contributed by atoms with Gasteiger partial charge in [0.25, 0.3) is 0 Å². The summed E-state index contributed by atoms with van der Waals surface area (Å²) in [5, 5.41) is 0. The Labute approximate surface area is 110 Å². The molecule has 0 bridgehead atoms. The summed E-state index contributed by atoms with van der Waals surface area (Å²) < 4.78 is 11.6. The lowest BCUT2D eigenvalue weighted by Gasteiger charge is -2.46. The minimum absolute atomic E-state index is 0.114. The first-order valence-corrected chi connectivity index (χ1v) is 7.50. The summed E-state index contributed by atoms with van der Waals surface area (Å²) in [6.45, 7) is 4.49. The molecule has 4 heteroatoms. The number of rotatable bonds is 4. The topological polar surface area (TPSA) is 47.7 Å². The Bertz CT molecular complexity index is 269. The molecule has 2 aliphatic heterocycles. The molecule has 104 valence electrons. The van der Waals surface area contributed by atoms with Gasteiger partial charge in [-0.1, -0.05) is 0 Å². The van der Waals surface area contributed by atoms with Gasteiger partial charge in [0.05, 0.1) is 5.60 Å². The standard InChI is InChI=1S/C14H26N2O2/c15-6-7-16(12-1-2-12)13-3-8-18-14(11-13)4-9-17-10-5-14/h12-13H,1-11,15H2. The van der Waals surface area contributed by atoms with Crippen LogP contribution >= 0.6 is 0 Å². The molecule has 3 rings (SSSR count). The van der Waals surface area contributed by atoms with Gasteiger partial charge in [-0.2, -0.15) is 0 Å². The third kappa shape index (κ3) is 2.72. The van der Waals surface area contributed by atoms with Gasteiger partial charge in [0.1, 0.15) is 0 Å². The highest BCUT2D eigenvalue weighted by Crippen LogP contribution is 2.39. The lowest BCUT2D eigenvalue weighted by Crippen LogP contribution is -2.52. The van der Waals surface area contributed by atoms with Crippen LogP contribution in [0.2, 0.25) is 0 Å². The minimum atomic E-state index is 0.114. The van der Waals surface area contributed by atoms with Crippen LogP contribution < -0.4 is 5.73 Å². The number of hydrogen-bond acceptors (Lipinski definition) is 4. The maximum absolute atomic E-state index is 6.13. The summed E-state index contributed by atoms with van der Waals surface area (Å²) in [7, 11) is 0. The molecule has 1 atom stereocenters. The highest BCUT2D eigenvalue weighted by molar-refractivity contribution is 4.96. The molecule has 0 amide bonds. The largest absolute Gasteiger partial charge is 0.381 e. The summed E-state index contributed by atoms with van der Waals surface area (Å²) in [6.07, 6.45) is 7.25. The fourth-order valence-electron chi connectivity index (χ4n) is 3.60. The number of hydrogen-bond donors (Lipinski definition) is 1. The van der Waals surface area contributed by atoms with E-state index in [-0.39, 0.29) is 5.60 Å². The van der Waals surface area contributed by atoms with E-state index in [2.05, 4.69) is 4.90 Å². The average molecular weight is 254 g/mol. The number of nitrogens with two attached hydrogens (primary N) is 1. The molecule has 1 saturated carbocycles. The first-order chi connectivity index (χ1) is 8.83. The van der Waals surface area contributed by atoms with Crippen LogP contribution in [0.1, 0.15) is 38.5 Å². The molecule has 2 N–H and O–H groups in total. The van der Waals surface area contributed by atoms with E-state index in [1.807, 2.05) is 0 Å². The van der Waals surface area contributed by atoms with Crippen LogP contribution in [-0.2, 0) is 9.47 Å². The van der Waals surface area contributed by atoms with Crippen molar-refractivity contribution in [2.24, 2.45) is 5.73 Å². The lowest BCUT2D eigenvalue weighted by atomic mass is 9.83. The smallest absolute Gasteiger partial charge is 0.0741 e. The Hall–Kier alpha value is -0.160. The van der Waals surface area contributed by atoms with E-state index in [1.165, 1.54) is 25.7 Å². The predicted molar refractivity (Wildman–Crippen MR) is 70.5 cm³/mol. The van der Waals surface area contributed by atoms with Crippen LogP contribution in [0.3, 0.4) is 0 Å². The van der Waals surface area contributed by atoms with E-state index in [4.69, 9.17) is 15.2 Å². The molecular weight excluding hydrogens is 228 g/mol. The van der Waals surface area contributed by atoms with Gasteiger partial charge >= 0.3 is 0 Å². The van der Waals surface area contributed by atoms with E-state index in [0.29, 0.717) is 6.04 Å². The Balaban J connectivity index is 1.64. The van der Waals surface area contributed by atoms with E-state index < -0.39 is 0 Å². The zero-order chi connectivity index (χ0) is 12.4. The van der Waals surface area contributed by atoms with Gasteiger partial charge in [-0.3, -0.25) is 4.90 Å². The van der Waals surface area contributed by atoms with Gasteiger partial charge in [0.15, 0.2) is 0 Å². The molecule has 18 heavy (non-hydrogen) atoms. The van der Waals surface area contributed by atoms with E-state index in [1.54, 1.807) is 0 Å². The third-order valence-electron chi connectivity index (χ3n) is 4.74. The molecule has 2 heterocycles. The Morgan fingerprint density at radius 1 is 1.06 bits per heavy atom. The predicted octanol–water partition coefficient (Wildman–Crippen LogP) is 1.14. The third-order valence-corrected chi connectivity index (χ3v) is 4.74. The van der Waals surface area contributed by atoms with E-state index in [0.717, 1.165) is 51.8 Å². The van der Waals surface area contributed by atoms with Crippen molar-refractivity contribution in [2.45, 2.75) is 56.2 Å². The van der Waals surface area contributed by atoms with Gasteiger partial charge in [-0.15, -0.1) is 0 Å². The summed E-state index contributed by atoms with van der Waals surface area (Å²) in [5.41, 5.74) is 5.89. The molecule has 4 nitrogen and oxygen atoms in total. The van der Waals surface area contributed by atoms with Crippen molar-refractivity contribution in [1.82, 2.24) is 4.90 Å². The van der Waals surface area contributed by atoms with Gasteiger partial charge in [-0.05, 0) is 38.5 Å². The normalized spacial score (nSPS) is 32.0. The first-order valence-electron chi connectivity index (χ1n) is 7.50. The molecule has 1 spiro atoms. The quantitative estimate of drug-likeness (QED) is 0.817. The summed E-state index contributed by atoms with van der Waals surface area (Å²) >= 11 is 0. The van der Waals surface area contributed by atoms with Crippen LogP contribution in [0.5, 0.6) is 0 Å². The second kappa shape index (κ2) is 5.45. The molecule has 3 aliphatic rings. The van der Waals surface area contributed by atoms with Gasteiger partial charge < -0.3 is 15.2 Å². The van der Waals surface area contributed by atoms with Crippen LogP contribution in [0.15, 0.2) is 0 Å². The molecular formula is C14H26N2O2. The van der Waals surface area contributed by atoms with E-state index >= 15 is 0 Å². The van der Waals surface area contributed by atoms with Crippen LogP contribution in [0.25, 0.3) is 0 Å². The Morgan fingerprint density at radius 3 is 2.50 bits per heavy atom. The van der Waals surface area contributed by atoms with Gasteiger partial charge in [0.2, 0.25) is 0 Å². The van der Waals surface area contributed by atoms with Crippen molar-refractivity contribution in [3.05, 3.63) is 0 Å². The van der Waals surface area contributed by atoms with Gasteiger partial charge in [-0.25, -0.2) is 0 Å². The van der Waals surface area contributed by atoms with Crippen molar-refractivity contribution in [3.8, 4) is 0 Å². The maximum Gasteiger partial charge on any atom is 0.0741 e. The zero-order valence-electron chi connectivity index (χ0n) is 11.3. The molecule has 0 aromatic heterocycles. The van der Waals surface area contributed by atoms with Crippen molar-refractivity contribution < 1.29 is 9.47 Å². The van der Waals surface area contributed by atoms with E-state index in [9.17, 15) is 0 Å². The number of nitrogens with zero attached hydrogens (tertiary/aromatic N) is 1. The molecule has 0 aromatic carbocycles. The summed E-state index contributed by atoms with van der Waals surface area (Å²) in [4.78, 5) is 2.67. The second-order valence-corrected chi connectivity index (χ2v) is 6.05. The van der Waals surface area contributed by atoms with Crippen molar-refractivity contribution >= 4 is 0 Å². The maximum atomic E-state index is 6.13. The minimum Gasteiger partial charge on any atom is -0.381 e. The van der Waals surface area contributed by atoms with Crippen molar-refractivity contribution in [1.29, 1.82) is 0 Å². The first kappa shape index (κ1) is 12.9. The monoisotopic (exact) mass is 254 g/mol. The fourth-order valence-corrected chi connectivity index (χ4v) is 3.60. The Kier molecular flexibility index (Phi) is 3.89. The van der Waals surface area contributed by atoms with Crippen molar-refractivity contribution in [2.75, 3.05) is 32.9 Å². The highest BCUT2D eigenvalue weighted by Gasteiger charge is 2.43. The van der Waals surface area contributed by atoms with Gasteiger partial charge in [0, 0.05) is 45.0 Å². The fraction of sp³-hybridized carbons (Fsp3) is 1.00. The molecule has 1 aliphatic carbocycles. The summed E-state index contributed by atoms with van der Waals surface area (Å²) in [6, 6.07) is 1.50. The SMILES string of the molecule is NCCN(C1CC1)C1CCOC2(CCOCC2)C1. The molecule has 2 saturated heterocycles. The van der Waals surface area contributed by atoms with Crippen molar-refractivity contribution in [3.63, 3.8) is 0 Å². The zero-order valence-corrected chi connectivity index (χ0v) is 11.3. The second-order valence-electron chi connectivity index (χ2n) is 6.05. The highest BCUT2D eigenvalue weighted by atomic mass is 16.5. The molecule has 0 aromatic rings. The summed E-state index contributed by atoms with van der Waals surface area (Å²) in [5.74, 6) is 0. The molecule has 3 fully saturated rings.